The molecule has 0 bridgehead atoms. The number of benzene rings is 1. The third-order valence-electron chi connectivity index (χ3n) is 4.39. The van der Waals surface area contributed by atoms with Gasteiger partial charge < -0.3 is 5.32 Å². The summed E-state index contributed by atoms with van der Waals surface area (Å²) in [6.45, 7) is 7.74. The normalized spacial score (nSPS) is 12.7. The van der Waals surface area contributed by atoms with Gasteiger partial charge in [0.15, 0.2) is 0 Å². The average molecular weight is 350 g/mol. The molecule has 1 aromatic carbocycles. The van der Waals surface area contributed by atoms with Gasteiger partial charge in [-0.15, -0.1) is 0 Å². The van der Waals surface area contributed by atoms with Crippen LogP contribution < -0.4 is 5.32 Å². The monoisotopic (exact) mass is 350 g/mol. The first kappa shape index (κ1) is 19.7. The second kappa shape index (κ2) is 9.20. The van der Waals surface area contributed by atoms with Crippen LogP contribution in [0.1, 0.15) is 62.2 Å². The molecule has 0 aliphatic rings. The first-order valence-corrected chi connectivity index (χ1v) is 9.06. The van der Waals surface area contributed by atoms with Gasteiger partial charge in [0.05, 0.1) is 17.6 Å². The Labute approximate surface area is 156 Å². The highest BCUT2D eigenvalue weighted by Gasteiger charge is 2.12. The molecule has 2 aromatic rings. The van der Waals surface area contributed by atoms with Gasteiger partial charge in [-0.2, -0.15) is 0 Å². The summed E-state index contributed by atoms with van der Waals surface area (Å²) in [5.41, 5.74) is 6.50. The van der Waals surface area contributed by atoms with Gasteiger partial charge in [0.2, 0.25) is 0 Å². The zero-order valence-corrected chi connectivity index (χ0v) is 16.3. The van der Waals surface area contributed by atoms with E-state index < -0.39 is 6.17 Å². The summed E-state index contributed by atoms with van der Waals surface area (Å²) in [6.07, 6.45) is 2.64. The number of hydrogen-bond acceptors (Lipinski definition) is 2. The molecule has 0 aliphatic carbocycles. The molecule has 2 rings (SSSR count). The fourth-order valence-electron chi connectivity index (χ4n) is 2.69. The van der Waals surface area contributed by atoms with E-state index in [0.717, 1.165) is 46.5 Å². The lowest BCUT2D eigenvalue weighted by Gasteiger charge is -2.13. The molecule has 1 heterocycles. The molecule has 2 nitrogen and oxygen atoms in total. The molecular formula is C23H27FN2. The number of aryl methyl sites for hydroxylation is 1. The van der Waals surface area contributed by atoms with Gasteiger partial charge in [-0.1, -0.05) is 30.9 Å². The molecule has 0 fully saturated rings. The second-order valence-corrected chi connectivity index (χ2v) is 6.42. The predicted octanol–water partition coefficient (Wildman–Crippen LogP) is 6.20. The molecule has 26 heavy (non-hydrogen) atoms. The van der Waals surface area contributed by atoms with E-state index in [-0.39, 0.29) is 0 Å². The molecule has 0 radical (unpaired) electrons. The Morgan fingerprint density at radius 1 is 1.27 bits per heavy atom. The predicted molar refractivity (Wildman–Crippen MR) is 110 cm³/mol. The van der Waals surface area contributed by atoms with Crippen molar-refractivity contribution in [2.75, 3.05) is 12.4 Å². The highest BCUT2D eigenvalue weighted by Crippen LogP contribution is 2.30. The minimum absolute atomic E-state index is 0.673. The summed E-state index contributed by atoms with van der Waals surface area (Å²) in [7, 11) is 1.87. The van der Waals surface area contributed by atoms with E-state index in [1.807, 2.05) is 57.4 Å². The Morgan fingerprint density at radius 3 is 2.62 bits per heavy atom. The second-order valence-electron chi connectivity index (χ2n) is 6.42. The third kappa shape index (κ3) is 4.73. The number of aromatic nitrogens is 1. The number of halogens is 1. The summed E-state index contributed by atoms with van der Waals surface area (Å²) in [4.78, 5) is 4.55. The van der Waals surface area contributed by atoms with Crippen molar-refractivity contribution >= 4 is 16.8 Å². The zero-order chi connectivity index (χ0) is 19.1. The Hall–Kier alpha value is -2.60. The van der Waals surface area contributed by atoms with Gasteiger partial charge in [0.1, 0.15) is 6.17 Å². The molecule has 0 saturated heterocycles. The maximum Gasteiger partial charge on any atom is 0.122 e. The van der Waals surface area contributed by atoms with Crippen molar-refractivity contribution < 1.29 is 4.39 Å². The first-order valence-electron chi connectivity index (χ1n) is 9.06. The van der Waals surface area contributed by atoms with Crippen LogP contribution in [0.4, 0.5) is 10.1 Å². The van der Waals surface area contributed by atoms with Crippen LogP contribution in [0.2, 0.25) is 0 Å². The van der Waals surface area contributed by atoms with Crippen LogP contribution in [0, 0.1) is 18.8 Å². The third-order valence-corrected chi connectivity index (χ3v) is 4.39. The van der Waals surface area contributed by atoms with Gasteiger partial charge >= 0.3 is 0 Å². The highest BCUT2D eigenvalue weighted by atomic mass is 19.1. The van der Waals surface area contributed by atoms with Gasteiger partial charge in [0.25, 0.3) is 0 Å². The van der Waals surface area contributed by atoms with Crippen molar-refractivity contribution in [3.8, 4) is 11.8 Å². The van der Waals surface area contributed by atoms with Gasteiger partial charge in [-0.25, -0.2) is 4.39 Å². The number of alkyl halides is 1. The number of anilines is 1. The lowest BCUT2D eigenvalue weighted by molar-refractivity contribution is 0.374. The van der Waals surface area contributed by atoms with Crippen molar-refractivity contribution in [3.05, 3.63) is 58.9 Å². The Morgan fingerprint density at radius 2 is 2.04 bits per heavy atom. The molecule has 3 heteroatoms. The van der Waals surface area contributed by atoms with Crippen LogP contribution in [0.25, 0.3) is 11.1 Å². The molecule has 0 amide bonds. The van der Waals surface area contributed by atoms with Gasteiger partial charge in [-0.3, -0.25) is 4.98 Å². The lowest BCUT2D eigenvalue weighted by Crippen LogP contribution is -1.97. The largest absolute Gasteiger partial charge is 0.387 e. The molecule has 0 spiro atoms. The first-order chi connectivity index (χ1) is 12.5. The quantitative estimate of drug-likeness (QED) is 0.650. The van der Waals surface area contributed by atoms with Crippen LogP contribution in [-0.2, 0) is 0 Å². The van der Waals surface area contributed by atoms with Gasteiger partial charge in [0, 0.05) is 19.0 Å². The van der Waals surface area contributed by atoms with E-state index in [9.17, 15) is 4.39 Å². The van der Waals surface area contributed by atoms with Gasteiger partial charge in [-0.05, 0) is 67.7 Å². The minimum atomic E-state index is -1.01. The van der Waals surface area contributed by atoms with Crippen molar-refractivity contribution in [2.24, 2.45) is 0 Å². The van der Waals surface area contributed by atoms with E-state index in [2.05, 4.69) is 29.1 Å². The number of nitrogens with one attached hydrogen (secondary N) is 1. The van der Waals surface area contributed by atoms with Crippen LogP contribution >= 0.6 is 0 Å². The number of hydrogen-bond donors (Lipinski definition) is 1. The molecule has 0 aliphatic heterocycles. The average Bonchev–Trinajstić information content (AvgIpc) is 2.65. The molecule has 1 atom stereocenters. The molecule has 1 aromatic heterocycles. The molecule has 1 unspecified atom stereocenters. The van der Waals surface area contributed by atoms with E-state index in [1.165, 1.54) is 0 Å². The summed E-state index contributed by atoms with van der Waals surface area (Å²) in [6, 6.07) is 9.71. The summed E-state index contributed by atoms with van der Waals surface area (Å²) in [5.74, 6) is 6.56. The summed E-state index contributed by atoms with van der Waals surface area (Å²) in [5, 5.41) is 3.08. The zero-order valence-electron chi connectivity index (χ0n) is 16.3. The minimum Gasteiger partial charge on any atom is -0.387 e. The molecule has 0 saturated carbocycles. The summed E-state index contributed by atoms with van der Waals surface area (Å²) >= 11 is 0. The number of rotatable bonds is 5. The topological polar surface area (TPSA) is 24.9 Å². The van der Waals surface area contributed by atoms with Crippen LogP contribution in [0.3, 0.4) is 0 Å². The highest BCUT2D eigenvalue weighted by molar-refractivity contribution is 5.97. The molecule has 1 N–H and O–H groups in total. The maximum atomic E-state index is 13.9. The Bertz CT molecular complexity index is 837. The number of unbranched alkanes of at least 4 members (excludes halogenated alkanes) is 1. The van der Waals surface area contributed by atoms with Crippen molar-refractivity contribution in [1.82, 2.24) is 4.98 Å². The smallest absolute Gasteiger partial charge is 0.122 e. The van der Waals surface area contributed by atoms with Crippen molar-refractivity contribution in [3.63, 3.8) is 0 Å². The van der Waals surface area contributed by atoms with Crippen LogP contribution in [-0.4, -0.2) is 12.0 Å². The van der Waals surface area contributed by atoms with E-state index in [4.69, 9.17) is 0 Å². The van der Waals surface area contributed by atoms with Crippen molar-refractivity contribution in [1.29, 1.82) is 0 Å². The number of allylic oxidation sites excluding steroid dienone is 2. The fourth-order valence-corrected chi connectivity index (χ4v) is 2.69. The summed E-state index contributed by atoms with van der Waals surface area (Å²) < 4.78 is 13.9. The lowest BCUT2D eigenvalue weighted by atomic mass is 9.92. The van der Waals surface area contributed by atoms with E-state index in [1.54, 1.807) is 6.92 Å². The fraction of sp³-hybridized carbons (Fsp3) is 0.348. The standard InChI is InChI=1S/C23H27FN2/c1-6-7-8-9-21(17(3)23-13-12-20(25-5)15-26-23)22-14-19(18(4)24)11-10-16(22)2/h10-15,18,25H,6-7H2,1-5H3/b21-17+. The number of nitrogens with zero attached hydrogens (tertiary/aromatic N) is 1. The molecule has 136 valence electrons. The van der Waals surface area contributed by atoms with Crippen LogP contribution in [0.15, 0.2) is 36.5 Å². The SMILES string of the molecule is CCCC#C/C(=C(/C)c1ccc(NC)cn1)c1cc(C(C)F)ccc1C. The molecular weight excluding hydrogens is 323 g/mol. The van der Waals surface area contributed by atoms with E-state index >= 15 is 0 Å². The van der Waals surface area contributed by atoms with Crippen molar-refractivity contribution in [2.45, 2.75) is 46.7 Å². The Kier molecular flexibility index (Phi) is 6.97. The Balaban J connectivity index is 2.63. The number of pyridine rings is 1. The van der Waals surface area contributed by atoms with Crippen LogP contribution in [0.5, 0.6) is 0 Å². The van der Waals surface area contributed by atoms with E-state index in [0.29, 0.717) is 5.56 Å². The maximum absolute atomic E-state index is 13.9.